The molecular formula is C20H23ClN2O4S. The van der Waals surface area contributed by atoms with Gasteiger partial charge < -0.3 is 10.1 Å². The van der Waals surface area contributed by atoms with Crippen LogP contribution in [0, 0.1) is 6.92 Å². The first kappa shape index (κ1) is 20.6. The van der Waals surface area contributed by atoms with Crippen LogP contribution >= 0.6 is 11.6 Å². The second-order valence-corrected chi connectivity index (χ2v) is 9.09. The second kappa shape index (κ2) is 8.51. The van der Waals surface area contributed by atoms with Crippen molar-refractivity contribution < 1.29 is 17.9 Å². The van der Waals surface area contributed by atoms with Crippen molar-refractivity contribution in [3.8, 4) is 5.75 Å². The summed E-state index contributed by atoms with van der Waals surface area (Å²) in [6.45, 7) is 2.81. The second-order valence-electron chi connectivity index (χ2n) is 6.74. The minimum atomic E-state index is -3.74. The highest BCUT2D eigenvalue weighted by Crippen LogP contribution is 2.30. The molecule has 1 heterocycles. The number of ether oxygens (including phenoxy) is 1. The lowest BCUT2D eigenvalue weighted by molar-refractivity contribution is 0.102. The van der Waals surface area contributed by atoms with E-state index in [0.29, 0.717) is 23.8 Å². The van der Waals surface area contributed by atoms with Crippen molar-refractivity contribution in [3.63, 3.8) is 0 Å². The van der Waals surface area contributed by atoms with Crippen molar-refractivity contribution >= 4 is 33.2 Å². The van der Waals surface area contributed by atoms with E-state index in [0.717, 1.165) is 24.8 Å². The summed E-state index contributed by atoms with van der Waals surface area (Å²) in [5.74, 6) is -0.191. The molecular weight excluding hydrogens is 400 g/mol. The van der Waals surface area contributed by atoms with Crippen LogP contribution in [-0.2, 0) is 10.0 Å². The fourth-order valence-corrected chi connectivity index (χ4v) is 5.06. The largest absolute Gasteiger partial charge is 0.495 e. The molecule has 150 valence electrons. The average Bonchev–Trinajstić information content (AvgIpc) is 2.70. The number of carbonyl (C=O) groups excluding carboxylic acids is 1. The monoisotopic (exact) mass is 422 g/mol. The third-order valence-electron chi connectivity index (χ3n) is 4.81. The van der Waals surface area contributed by atoms with Crippen LogP contribution in [-0.4, -0.2) is 38.8 Å². The topological polar surface area (TPSA) is 75.7 Å². The van der Waals surface area contributed by atoms with Gasteiger partial charge in [-0.05, 0) is 55.7 Å². The summed E-state index contributed by atoms with van der Waals surface area (Å²) < 4.78 is 32.9. The molecule has 0 atom stereocenters. The predicted octanol–water partition coefficient (Wildman–Crippen LogP) is 4.08. The summed E-state index contributed by atoms with van der Waals surface area (Å²) in [6, 6.07) is 9.63. The minimum absolute atomic E-state index is 0.00682. The number of benzene rings is 2. The molecule has 1 N–H and O–H groups in total. The van der Waals surface area contributed by atoms with E-state index >= 15 is 0 Å². The highest BCUT2D eigenvalue weighted by Gasteiger charge is 2.29. The molecule has 0 radical (unpaired) electrons. The number of carbonyl (C=O) groups is 1. The maximum atomic E-state index is 13.1. The van der Waals surface area contributed by atoms with E-state index in [2.05, 4.69) is 5.32 Å². The number of amides is 1. The van der Waals surface area contributed by atoms with Crippen LogP contribution in [0.1, 0.15) is 35.2 Å². The lowest BCUT2D eigenvalue weighted by atomic mass is 10.1. The summed E-state index contributed by atoms with van der Waals surface area (Å²) in [6.07, 6.45) is 2.68. The van der Waals surface area contributed by atoms with Crippen molar-refractivity contribution in [1.82, 2.24) is 4.31 Å². The number of nitrogens with one attached hydrogen (secondary N) is 1. The van der Waals surface area contributed by atoms with Crippen LogP contribution in [0.4, 0.5) is 5.69 Å². The van der Waals surface area contributed by atoms with Crippen LogP contribution in [0.25, 0.3) is 0 Å². The quantitative estimate of drug-likeness (QED) is 0.787. The Morgan fingerprint density at radius 2 is 1.82 bits per heavy atom. The molecule has 1 amide bonds. The number of piperidine rings is 1. The smallest absolute Gasteiger partial charge is 0.255 e. The number of hydrogen-bond donors (Lipinski definition) is 1. The van der Waals surface area contributed by atoms with Crippen LogP contribution in [0.3, 0.4) is 0 Å². The van der Waals surface area contributed by atoms with Gasteiger partial charge in [0.25, 0.3) is 5.91 Å². The van der Waals surface area contributed by atoms with Gasteiger partial charge in [0.2, 0.25) is 10.0 Å². The number of aryl methyl sites for hydroxylation is 1. The Balaban J connectivity index is 1.94. The van der Waals surface area contributed by atoms with Crippen LogP contribution < -0.4 is 10.1 Å². The zero-order chi connectivity index (χ0) is 20.3. The zero-order valence-electron chi connectivity index (χ0n) is 15.9. The number of anilines is 1. The normalized spacial score (nSPS) is 15.2. The molecule has 2 aromatic rings. The molecule has 8 heteroatoms. The van der Waals surface area contributed by atoms with Crippen molar-refractivity contribution in [2.24, 2.45) is 0 Å². The van der Waals surface area contributed by atoms with Gasteiger partial charge in [-0.25, -0.2) is 8.42 Å². The third kappa shape index (κ3) is 4.32. The van der Waals surface area contributed by atoms with E-state index < -0.39 is 15.9 Å². The summed E-state index contributed by atoms with van der Waals surface area (Å²) in [5.41, 5.74) is 1.66. The Morgan fingerprint density at radius 1 is 1.11 bits per heavy atom. The summed E-state index contributed by atoms with van der Waals surface area (Å²) in [4.78, 5) is 12.7. The molecule has 0 spiro atoms. The maximum Gasteiger partial charge on any atom is 0.255 e. The minimum Gasteiger partial charge on any atom is -0.495 e. The highest BCUT2D eigenvalue weighted by molar-refractivity contribution is 7.89. The van der Waals surface area contributed by atoms with Crippen LogP contribution in [0.15, 0.2) is 41.3 Å². The lowest BCUT2D eigenvalue weighted by Gasteiger charge is -2.26. The molecule has 0 unspecified atom stereocenters. The van der Waals surface area contributed by atoms with Crippen molar-refractivity contribution in [3.05, 3.63) is 52.5 Å². The van der Waals surface area contributed by atoms with Gasteiger partial charge in [-0.1, -0.05) is 24.1 Å². The van der Waals surface area contributed by atoms with Gasteiger partial charge in [-0.2, -0.15) is 4.31 Å². The number of rotatable bonds is 5. The molecule has 2 aromatic carbocycles. The van der Waals surface area contributed by atoms with Gasteiger partial charge in [0.1, 0.15) is 10.6 Å². The van der Waals surface area contributed by atoms with E-state index in [1.165, 1.54) is 23.5 Å². The number of hydrogen-bond acceptors (Lipinski definition) is 4. The molecule has 0 bridgehead atoms. The van der Waals surface area contributed by atoms with Crippen LogP contribution in [0.2, 0.25) is 5.02 Å². The maximum absolute atomic E-state index is 13.1. The fraction of sp³-hybridized carbons (Fsp3) is 0.350. The van der Waals surface area contributed by atoms with E-state index in [9.17, 15) is 13.2 Å². The fourth-order valence-electron chi connectivity index (χ4n) is 3.19. The van der Waals surface area contributed by atoms with Crippen molar-refractivity contribution in [2.45, 2.75) is 31.1 Å². The predicted molar refractivity (Wildman–Crippen MR) is 110 cm³/mol. The van der Waals surface area contributed by atoms with E-state index in [-0.39, 0.29) is 16.2 Å². The van der Waals surface area contributed by atoms with Gasteiger partial charge >= 0.3 is 0 Å². The molecule has 1 fully saturated rings. The van der Waals surface area contributed by atoms with E-state index in [1.54, 1.807) is 24.3 Å². The molecule has 3 rings (SSSR count). The summed E-state index contributed by atoms with van der Waals surface area (Å²) in [7, 11) is -2.33. The SMILES string of the molecule is COc1ccc(C(=O)Nc2cc(Cl)ccc2C)cc1S(=O)(=O)N1CCCCC1. The molecule has 1 aliphatic heterocycles. The molecule has 0 aromatic heterocycles. The Labute approximate surface area is 170 Å². The van der Waals surface area contributed by atoms with Gasteiger partial charge in [-0.15, -0.1) is 0 Å². The van der Waals surface area contributed by atoms with Gasteiger partial charge in [0.05, 0.1) is 7.11 Å². The van der Waals surface area contributed by atoms with E-state index in [1.807, 2.05) is 6.92 Å². The van der Waals surface area contributed by atoms with Gasteiger partial charge in [0, 0.05) is 29.4 Å². The van der Waals surface area contributed by atoms with Crippen LogP contribution in [0.5, 0.6) is 5.75 Å². The molecule has 0 aliphatic carbocycles. The first-order valence-corrected chi connectivity index (χ1v) is 10.9. The highest BCUT2D eigenvalue weighted by atomic mass is 35.5. The molecule has 1 saturated heterocycles. The standard InChI is InChI=1S/C20H23ClN2O4S/c1-14-6-8-16(21)13-17(14)22-20(24)15-7-9-18(27-2)19(12-15)28(25,26)23-10-4-3-5-11-23/h6-9,12-13H,3-5,10-11H2,1-2H3,(H,22,24). The molecule has 6 nitrogen and oxygen atoms in total. The number of halogens is 1. The Morgan fingerprint density at radius 3 is 2.50 bits per heavy atom. The zero-order valence-corrected chi connectivity index (χ0v) is 17.4. The Hall–Kier alpha value is -2.09. The summed E-state index contributed by atoms with van der Waals surface area (Å²) >= 11 is 6.00. The first-order valence-electron chi connectivity index (χ1n) is 9.08. The lowest BCUT2D eigenvalue weighted by Crippen LogP contribution is -2.35. The average molecular weight is 423 g/mol. The third-order valence-corrected chi connectivity index (χ3v) is 6.96. The Kier molecular flexibility index (Phi) is 6.27. The Bertz CT molecular complexity index is 986. The molecule has 1 aliphatic rings. The number of methoxy groups -OCH3 is 1. The van der Waals surface area contributed by atoms with Gasteiger partial charge in [-0.3, -0.25) is 4.79 Å². The number of sulfonamides is 1. The van der Waals surface area contributed by atoms with Gasteiger partial charge in [0.15, 0.2) is 0 Å². The van der Waals surface area contributed by atoms with Crippen molar-refractivity contribution in [1.29, 1.82) is 0 Å². The van der Waals surface area contributed by atoms with E-state index in [4.69, 9.17) is 16.3 Å². The molecule has 28 heavy (non-hydrogen) atoms. The van der Waals surface area contributed by atoms with Crippen molar-refractivity contribution in [2.75, 3.05) is 25.5 Å². The number of nitrogens with zero attached hydrogens (tertiary/aromatic N) is 1. The first-order chi connectivity index (χ1) is 13.3. The summed E-state index contributed by atoms with van der Waals surface area (Å²) in [5, 5.41) is 3.29. The molecule has 0 saturated carbocycles.